The van der Waals surface area contributed by atoms with Crippen LogP contribution >= 0.6 is 0 Å². The molecule has 6 heteroatoms. The molecule has 0 atom stereocenters. The first-order chi connectivity index (χ1) is 15.7. The van der Waals surface area contributed by atoms with Crippen molar-refractivity contribution in [2.24, 2.45) is 0 Å². The normalized spacial score (nSPS) is 11.2. The van der Waals surface area contributed by atoms with Crippen LogP contribution in [0.15, 0.2) is 48.8 Å². The summed E-state index contributed by atoms with van der Waals surface area (Å²) in [6.07, 6.45) is 15.6. The smallest absolute Gasteiger partial charge is 0.327 e. The first kappa shape index (κ1) is 25.5. The molecule has 1 aromatic heterocycles. The maximum Gasteiger partial charge on any atom is 0.327 e. The third-order valence-electron chi connectivity index (χ3n) is 5.03. The number of carboxylic acid groups (broad SMARTS) is 1. The highest BCUT2D eigenvalue weighted by Gasteiger charge is 2.03. The van der Waals surface area contributed by atoms with E-state index in [0.717, 1.165) is 70.1 Å². The van der Waals surface area contributed by atoms with Gasteiger partial charge in [0.05, 0.1) is 19.0 Å². The topological polar surface area (TPSA) is 81.5 Å². The molecule has 0 saturated carbocycles. The molecular weight excluding hydrogens is 404 g/mol. The molecule has 1 heterocycles. The van der Waals surface area contributed by atoms with E-state index in [1.165, 1.54) is 18.1 Å². The van der Waals surface area contributed by atoms with E-state index in [-0.39, 0.29) is 0 Å². The van der Waals surface area contributed by atoms with Gasteiger partial charge in [0.1, 0.15) is 0 Å². The Hall–Kier alpha value is -2.73. The molecule has 1 N–H and O–H groups in total. The van der Waals surface area contributed by atoms with E-state index in [9.17, 15) is 4.79 Å². The molecule has 1 aromatic carbocycles. The third kappa shape index (κ3) is 11.0. The Bertz CT molecular complexity index is 788. The summed E-state index contributed by atoms with van der Waals surface area (Å²) in [7, 11) is 0. The Kier molecular flexibility index (Phi) is 12.7. The van der Waals surface area contributed by atoms with Gasteiger partial charge in [-0.15, -0.1) is 0 Å². The van der Waals surface area contributed by atoms with Crippen LogP contribution in [0.4, 0.5) is 0 Å². The fourth-order valence-corrected chi connectivity index (χ4v) is 3.16. The lowest BCUT2D eigenvalue weighted by Gasteiger charge is -2.07. The number of ether oxygens (including phenoxy) is 2. The van der Waals surface area contributed by atoms with Gasteiger partial charge in [0, 0.05) is 24.9 Å². The van der Waals surface area contributed by atoms with E-state index < -0.39 is 5.97 Å². The first-order valence-corrected chi connectivity index (χ1v) is 11.7. The van der Waals surface area contributed by atoms with Crippen molar-refractivity contribution >= 4 is 5.97 Å². The molecule has 0 amide bonds. The zero-order valence-corrected chi connectivity index (χ0v) is 19.2. The summed E-state index contributed by atoms with van der Waals surface area (Å²) < 4.78 is 11.3. The number of aromatic nitrogens is 2. The molecule has 0 saturated heterocycles. The van der Waals surface area contributed by atoms with Crippen molar-refractivity contribution in [1.29, 1.82) is 0 Å². The van der Waals surface area contributed by atoms with E-state index in [4.69, 9.17) is 14.6 Å². The first-order valence-electron chi connectivity index (χ1n) is 11.7. The van der Waals surface area contributed by atoms with Crippen LogP contribution in [0.5, 0.6) is 5.75 Å². The Balaban J connectivity index is 1.64. The number of aryl methyl sites for hydroxylation is 1. The van der Waals surface area contributed by atoms with Gasteiger partial charge in [-0.1, -0.05) is 50.1 Å². The van der Waals surface area contributed by atoms with Crippen LogP contribution in [0.25, 0.3) is 11.4 Å². The molecule has 0 aliphatic carbocycles. The summed E-state index contributed by atoms with van der Waals surface area (Å²) in [6, 6.07) is 8.35. The zero-order chi connectivity index (χ0) is 22.9. The predicted octanol–water partition coefficient (Wildman–Crippen LogP) is 5.86. The van der Waals surface area contributed by atoms with Gasteiger partial charge in [-0.2, -0.15) is 0 Å². The summed E-state index contributed by atoms with van der Waals surface area (Å²) in [4.78, 5) is 19.3. The lowest BCUT2D eigenvalue weighted by molar-refractivity contribution is -0.131. The Morgan fingerprint density at radius 1 is 0.938 bits per heavy atom. The van der Waals surface area contributed by atoms with Crippen LogP contribution in [0.1, 0.15) is 63.9 Å². The molecule has 0 aliphatic heterocycles. The van der Waals surface area contributed by atoms with Gasteiger partial charge in [-0.05, 0) is 50.5 Å². The molecule has 0 fully saturated rings. The van der Waals surface area contributed by atoms with E-state index in [1.54, 1.807) is 18.5 Å². The molecule has 0 unspecified atom stereocenters. The van der Waals surface area contributed by atoms with Gasteiger partial charge < -0.3 is 14.6 Å². The Labute approximate surface area is 191 Å². The van der Waals surface area contributed by atoms with Crippen molar-refractivity contribution < 1.29 is 19.4 Å². The highest BCUT2D eigenvalue weighted by atomic mass is 16.5. The second-order valence-electron chi connectivity index (χ2n) is 7.80. The van der Waals surface area contributed by atoms with E-state index in [0.29, 0.717) is 18.2 Å². The number of allylic oxidation sites excluding steroid dienone is 1. The molecule has 174 valence electrons. The average Bonchev–Trinajstić information content (AvgIpc) is 2.81. The monoisotopic (exact) mass is 440 g/mol. The quantitative estimate of drug-likeness (QED) is 0.245. The number of hydrogen-bond acceptors (Lipinski definition) is 5. The van der Waals surface area contributed by atoms with Gasteiger partial charge >= 0.3 is 5.97 Å². The maximum absolute atomic E-state index is 10.4. The summed E-state index contributed by atoms with van der Waals surface area (Å²) in [5.74, 6) is 0.504. The van der Waals surface area contributed by atoms with E-state index in [2.05, 4.69) is 41.2 Å². The second-order valence-corrected chi connectivity index (χ2v) is 7.80. The van der Waals surface area contributed by atoms with Crippen LogP contribution in [-0.2, 0) is 16.0 Å². The van der Waals surface area contributed by atoms with Crippen LogP contribution in [0, 0.1) is 0 Å². The van der Waals surface area contributed by atoms with Crippen molar-refractivity contribution in [3.63, 3.8) is 0 Å². The standard InChI is InChI=1S/C26H36N2O4/c1-2-3-17-31-18-9-10-19-32-24-20-27-26(28-21-24)23-15-13-22(14-16-23)11-7-5-4-6-8-12-25(29)30/h8,12-16,20-21H,2-7,9-11,17-19H2,1H3,(H,29,30)/b12-8+. The Morgan fingerprint density at radius 2 is 1.66 bits per heavy atom. The zero-order valence-electron chi connectivity index (χ0n) is 19.2. The fraction of sp³-hybridized carbons (Fsp3) is 0.500. The van der Waals surface area contributed by atoms with Gasteiger partial charge in [0.2, 0.25) is 0 Å². The van der Waals surface area contributed by atoms with Crippen molar-refractivity contribution in [3.8, 4) is 17.1 Å². The van der Waals surface area contributed by atoms with Crippen molar-refractivity contribution in [2.45, 2.75) is 64.7 Å². The minimum atomic E-state index is -0.879. The van der Waals surface area contributed by atoms with Gasteiger partial charge in [0.25, 0.3) is 0 Å². The molecule has 32 heavy (non-hydrogen) atoms. The van der Waals surface area contributed by atoms with Crippen molar-refractivity contribution in [1.82, 2.24) is 9.97 Å². The highest BCUT2D eigenvalue weighted by Crippen LogP contribution is 2.18. The molecule has 6 nitrogen and oxygen atoms in total. The summed E-state index contributed by atoms with van der Waals surface area (Å²) in [5, 5.41) is 8.56. The molecule has 0 spiro atoms. The largest absolute Gasteiger partial charge is 0.490 e. The van der Waals surface area contributed by atoms with Crippen molar-refractivity contribution in [3.05, 3.63) is 54.4 Å². The van der Waals surface area contributed by atoms with Gasteiger partial charge in [-0.3, -0.25) is 0 Å². The summed E-state index contributed by atoms with van der Waals surface area (Å²) in [6.45, 7) is 4.45. The van der Waals surface area contributed by atoms with Crippen molar-refractivity contribution in [2.75, 3.05) is 19.8 Å². The highest BCUT2D eigenvalue weighted by molar-refractivity contribution is 5.79. The Morgan fingerprint density at radius 3 is 2.38 bits per heavy atom. The van der Waals surface area contributed by atoms with Crippen LogP contribution in [-0.4, -0.2) is 40.9 Å². The molecule has 0 aliphatic rings. The lowest BCUT2D eigenvalue weighted by Crippen LogP contribution is -2.02. The molecule has 0 radical (unpaired) electrons. The number of nitrogens with zero attached hydrogens (tertiary/aromatic N) is 2. The average molecular weight is 441 g/mol. The number of unbranched alkanes of at least 4 members (excludes halogenated alkanes) is 5. The molecule has 0 bridgehead atoms. The third-order valence-corrected chi connectivity index (χ3v) is 5.03. The minimum Gasteiger partial charge on any atom is -0.490 e. The van der Waals surface area contributed by atoms with E-state index in [1.807, 2.05) is 0 Å². The number of hydrogen-bond donors (Lipinski definition) is 1. The molecule has 2 aromatic rings. The minimum absolute atomic E-state index is 0.643. The fourth-order valence-electron chi connectivity index (χ4n) is 3.16. The van der Waals surface area contributed by atoms with Crippen LogP contribution in [0.3, 0.4) is 0 Å². The second kappa shape index (κ2) is 16.0. The number of carboxylic acids is 1. The van der Waals surface area contributed by atoms with Gasteiger partial charge in [0.15, 0.2) is 11.6 Å². The van der Waals surface area contributed by atoms with Gasteiger partial charge in [-0.25, -0.2) is 14.8 Å². The lowest BCUT2D eigenvalue weighted by atomic mass is 10.0. The number of aliphatic carboxylic acids is 1. The maximum atomic E-state index is 10.4. The number of benzene rings is 1. The number of carbonyl (C=O) groups is 1. The summed E-state index contributed by atoms with van der Waals surface area (Å²) in [5.41, 5.74) is 2.27. The van der Waals surface area contributed by atoms with Crippen LogP contribution < -0.4 is 4.74 Å². The molecule has 2 rings (SSSR count). The summed E-state index contributed by atoms with van der Waals surface area (Å²) >= 11 is 0. The van der Waals surface area contributed by atoms with Crippen LogP contribution in [0.2, 0.25) is 0 Å². The van der Waals surface area contributed by atoms with E-state index >= 15 is 0 Å². The number of rotatable bonds is 17. The predicted molar refractivity (Wildman–Crippen MR) is 127 cm³/mol. The SMILES string of the molecule is CCCCOCCCCOc1cnc(-c2ccc(CCCCC/C=C/C(=O)O)cc2)nc1. The molecular formula is C26H36N2O4.